The minimum atomic E-state index is -0.445. The number of fused-ring (bicyclic) bond motifs is 1. The van der Waals surface area contributed by atoms with Crippen molar-refractivity contribution in [3.63, 3.8) is 0 Å². The molecule has 0 saturated heterocycles. The van der Waals surface area contributed by atoms with Gasteiger partial charge in [0.1, 0.15) is 5.52 Å². The summed E-state index contributed by atoms with van der Waals surface area (Å²) < 4.78 is 5.47. The predicted octanol–water partition coefficient (Wildman–Crippen LogP) is 2.24. The second kappa shape index (κ2) is 5.09. The van der Waals surface area contributed by atoms with Gasteiger partial charge in [-0.25, -0.2) is 0 Å². The molecule has 0 bridgehead atoms. The van der Waals surface area contributed by atoms with Gasteiger partial charge >= 0.3 is 0 Å². The topological polar surface area (TPSA) is 84.4 Å². The lowest BCUT2D eigenvalue weighted by molar-refractivity contribution is -0.384. The van der Waals surface area contributed by atoms with Gasteiger partial charge in [0, 0.05) is 25.2 Å². The Morgan fingerprint density at radius 3 is 3.05 bits per heavy atom. The second-order valence-corrected chi connectivity index (χ2v) is 5.07. The molecule has 3 rings (SSSR count). The first kappa shape index (κ1) is 12.9. The van der Waals surface area contributed by atoms with Crippen molar-refractivity contribution >= 4 is 22.8 Å². The maximum absolute atomic E-state index is 10.7. The second-order valence-electron chi connectivity index (χ2n) is 5.07. The molecule has 20 heavy (non-hydrogen) atoms. The molecule has 0 spiro atoms. The number of benzene rings is 1. The maximum atomic E-state index is 10.7. The number of nitrogens with one attached hydrogen (secondary N) is 1. The van der Waals surface area contributed by atoms with Crippen LogP contribution in [-0.4, -0.2) is 41.0 Å². The van der Waals surface area contributed by atoms with Crippen molar-refractivity contribution in [3.05, 3.63) is 28.3 Å². The number of non-ortho nitro benzene ring substituents is 1. The van der Waals surface area contributed by atoms with E-state index in [1.54, 1.807) is 6.07 Å². The van der Waals surface area contributed by atoms with Crippen LogP contribution in [0.4, 0.5) is 11.7 Å². The van der Waals surface area contributed by atoms with Crippen molar-refractivity contribution in [3.8, 4) is 0 Å². The van der Waals surface area contributed by atoms with Crippen molar-refractivity contribution in [2.45, 2.75) is 18.9 Å². The molecule has 2 aromatic rings. The highest BCUT2D eigenvalue weighted by Crippen LogP contribution is 2.25. The van der Waals surface area contributed by atoms with E-state index in [1.165, 1.54) is 25.0 Å². The van der Waals surface area contributed by atoms with Crippen molar-refractivity contribution in [2.24, 2.45) is 0 Å². The van der Waals surface area contributed by atoms with Crippen LogP contribution >= 0.6 is 0 Å². The van der Waals surface area contributed by atoms with Crippen LogP contribution in [0.2, 0.25) is 0 Å². The van der Waals surface area contributed by atoms with Crippen molar-refractivity contribution < 1.29 is 9.34 Å². The fourth-order valence-electron chi connectivity index (χ4n) is 2.14. The number of likely N-dealkylation sites (N-methyl/N-ethyl adjacent to an activating group) is 1. The Morgan fingerprint density at radius 1 is 1.55 bits per heavy atom. The molecule has 106 valence electrons. The van der Waals surface area contributed by atoms with E-state index in [1.807, 2.05) is 0 Å². The fourth-order valence-corrected chi connectivity index (χ4v) is 2.14. The number of hydrogen-bond donors (Lipinski definition) is 1. The van der Waals surface area contributed by atoms with Gasteiger partial charge in [-0.1, -0.05) is 0 Å². The van der Waals surface area contributed by atoms with E-state index >= 15 is 0 Å². The van der Waals surface area contributed by atoms with E-state index in [0.29, 0.717) is 17.1 Å². The number of aromatic nitrogens is 1. The van der Waals surface area contributed by atoms with Crippen molar-refractivity contribution in [1.29, 1.82) is 0 Å². The van der Waals surface area contributed by atoms with Gasteiger partial charge < -0.3 is 14.6 Å². The third kappa shape index (κ3) is 2.72. The van der Waals surface area contributed by atoms with E-state index in [0.717, 1.165) is 19.1 Å². The Morgan fingerprint density at radius 2 is 2.35 bits per heavy atom. The molecule has 0 unspecified atom stereocenters. The van der Waals surface area contributed by atoms with Crippen LogP contribution in [0.25, 0.3) is 11.1 Å². The van der Waals surface area contributed by atoms with E-state index in [2.05, 4.69) is 22.2 Å². The highest BCUT2D eigenvalue weighted by molar-refractivity contribution is 5.77. The summed E-state index contributed by atoms with van der Waals surface area (Å²) >= 11 is 0. The fraction of sp³-hybridized carbons (Fsp3) is 0.462. The molecule has 1 N–H and O–H groups in total. The number of anilines is 1. The van der Waals surface area contributed by atoms with E-state index in [4.69, 9.17) is 4.42 Å². The van der Waals surface area contributed by atoms with Gasteiger partial charge in [0.25, 0.3) is 11.7 Å². The smallest absolute Gasteiger partial charge is 0.295 e. The molecule has 1 aromatic carbocycles. The summed E-state index contributed by atoms with van der Waals surface area (Å²) in [6.45, 7) is 1.66. The van der Waals surface area contributed by atoms with Crippen LogP contribution in [0.1, 0.15) is 12.8 Å². The zero-order valence-electron chi connectivity index (χ0n) is 11.2. The Bertz CT molecular complexity index is 636. The standard InChI is InChI=1S/C13H16N4O3/c1-16(9-2-3-9)7-6-14-13-15-11-5-4-10(17(18)19)8-12(11)20-13/h4-5,8-9H,2-3,6-7H2,1H3,(H,14,15). The Labute approximate surface area is 115 Å². The Balaban J connectivity index is 1.64. The molecule has 1 saturated carbocycles. The third-order valence-electron chi connectivity index (χ3n) is 3.49. The lowest BCUT2D eigenvalue weighted by Gasteiger charge is -2.14. The summed E-state index contributed by atoms with van der Waals surface area (Å²) in [6.07, 6.45) is 2.56. The summed E-state index contributed by atoms with van der Waals surface area (Å²) in [6, 6.07) is 5.55. The molecule has 1 aliphatic carbocycles. The molecular weight excluding hydrogens is 260 g/mol. The monoisotopic (exact) mass is 276 g/mol. The zero-order chi connectivity index (χ0) is 14.1. The average molecular weight is 276 g/mol. The average Bonchev–Trinajstić information content (AvgIpc) is 3.18. The molecule has 1 aliphatic rings. The Hall–Kier alpha value is -2.15. The van der Waals surface area contributed by atoms with Gasteiger partial charge in [0.05, 0.1) is 11.0 Å². The van der Waals surface area contributed by atoms with Gasteiger partial charge in [-0.05, 0) is 26.0 Å². The summed E-state index contributed by atoms with van der Waals surface area (Å²) in [5.41, 5.74) is 1.06. The number of hydrogen-bond acceptors (Lipinski definition) is 6. The molecule has 0 radical (unpaired) electrons. The van der Waals surface area contributed by atoms with Gasteiger partial charge in [0.15, 0.2) is 5.58 Å². The summed E-state index contributed by atoms with van der Waals surface area (Å²) in [5.74, 6) is 0. The normalized spacial score (nSPS) is 14.9. The maximum Gasteiger partial charge on any atom is 0.295 e. The molecule has 1 aromatic heterocycles. The minimum absolute atomic E-state index is 0.00802. The van der Waals surface area contributed by atoms with Crippen LogP contribution in [0.5, 0.6) is 0 Å². The first-order chi connectivity index (χ1) is 9.63. The highest BCUT2D eigenvalue weighted by Gasteiger charge is 2.25. The Kier molecular flexibility index (Phi) is 3.27. The van der Waals surface area contributed by atoms with E-state index < -0.39 is 4.92 Å². The van der Waals surface area contributed by atoms with Crippen molar-refractivity contribution in [1.82, 2.24) is 9.88 Å². The number of oxazole rings is 1. The third-order valence-corrected chi connectivity index (χ3v) is 3.49. The lowest BCUT2D eigenvalue weighted by atomic mass is 10.3. The first-order valence-electron chi connectivity index (χ1n) is 6.62. The summed E-state index contributed by atoms with van der Waals surface area (Å²) in [4.78, 5) is 16.8. The van der Waals surface area contributed by atoms with Crippen LogP contribution in [0.3, 0.4) is 0 Å². The number of rotatable bonds is 6. The molecule has 7 nitrogen and oxygen atoms in total. The largest absolute Gasteiger partial charge is 0.423 e. The van der Waals surface area contributed by atoms with E-state index in [9.17, 15) is 10.1 Å². The van der Waals surface area contributed by atoms with Gasteiger partial charge in [-0.2, -0.15) is 4.98 Å². The van der Waals surface area contributed by atoms with Crippen LogP contribution < -0.4 is 5.32 Å². The van der Waals surface area contributed by atoms with Gasteiger partial charge in [-0.15, -0.1) is 0 Å². The van der Waals surface area contributed by atoms with Crippen LogP contribution in [-0.2, 0) is 0 Å². The van der Waals surface area contributed by atoms with E-state index in [-0.39, 0.29) is 5.69 Å². The summed E-state index contributed by atoms with van der Waals surface area (Å²) in [7, 11) is 2.11. The van der Waals surface area contributed by atoms with Crippen molar-refractivity contribution in [2.75, 3.05) is 25.5 Å². The molecular formula is C13H16N4O3. The molecule has 0 atom stereocenters. The zero-order valence-corrected chi connectivity index (χ0v) is 11.2. The number of nitro groups is 1. The molecule has 0 amide bonds. The molecule has 1 fully saturated rings. The molecule has 0 aliphatic heterocycles. The minimum Gasteiger partial charge on any atom is -0.423 e. The highest BCUT2D eigenvalue weighted by atomic mass is 16.6. The SMILES string of the molecule is CN(CCNc1nc2ccc([N+](=O)[O-])cc2o1)C1CC1. The van der Waals surface area contributed by atoms with Crippen LogP contribution in [0, 0.1) is 10.1 Å². The quantitative estimate of drug-likeness (QED) is 0.643. The predicted molar refractivity (Wildman–Crippen MR) is 74.8 cm³/mol. The number of nitrogens with zero attached hydrogens (tertiary/aromatic N) is 3. The van der Waals surface area contributed by atoms with Gasteiger partial charge in [-0.3, -0.25) is 10.1 Å². The lowest BCUT2D eigenvalue weighted by Crippen LogP contribution is -2.27. The number of nitro benzene ring substituents is 1. The van der Waals surface area contributed by atoms with Gasteiger partial charge in [0.2, 0.25) is 0 Å². The first-order valence-corrected chi connectivity index (χ1v) is 6.62. The molecule has 1 heterocycles. The van der Waals surface area contributed by atoms with Crippen LogP contribution in [0.15, 0.2) is 22.6 Å². The molecule has 7 heteroatoms. The summed E-state index contributed by atoms with van der Waals surface area (Å²) in [5, 5.41) is 13.8.